The molecule has 0 radical (unpaired) electrons. The Balaban J connectivity index is 1.18. The lowest BCUT2D eigenvalue weighted by Crippen LogP contribution is -2.73. The minimum absolute atomic E-state index is 0.00998. The molecule has 0 bridgehead atoms. The van der Waals surface area contributed by atoms with Crippen LogP contribution in [0.25, 0.3) is 0 Å². The van der Waals surface area contributed by atoms with Crippen molar-refractivity contribution in [3.8, 4) is 5.75 Å². The number of carbonyl (C=O) groups is 2. The highest BCUT2D eigenvalue weighted by Crippen LogP contribution is 2.37. The van der Waals surface area contributed by atoms with Crippen LogP contribution in [-0.4, -0.2) is 63.5 Å². The molecule has 5 rings (SSSR count). The van der Waals surface area contributed by atoms with Gasteiger partial charge < -0.3 is 20.1 Å². The van der Waals surface area contributed by atoms with E-state index in [4.69, 9.17) is 4.74 Å². The molecule has 0 aromatic heterocycles. The van der Waals surface area contributed by atoms with Crippen LogP contribution in [0.2, 0.25) is 0 Å². The molecule has 2 aromatic carbocycles. The van der Waals surface area contributed by atoms with Crippen molar-refractivity contribution < 1.29 is 19.4 Å². The van der Waals surface area contributed by atoms with E-state index in [1.165, 1.54) is 5.56 Å². The van der Waals surface area contributed by atoms with E-state index in [0.29, 0.717) is 45.3 Å². The molecule has 2 amide bonds. The molecule has 2 aliphatic heterocycles. The number of aliphatic hydroxyl groups is 1. The number of carbonyl (C=O) groups excluding carboxylic acids is 2. The maximum Gasteiger partial charge on any atom is 0.246 e. The van der Waals surface area contributed by atoms with E-state index in [1.807, 2.05) is 41.3 Å². The Morgan fingerprint density at radius 3 is 2.27 bits per heavy atom. The van der Waals surface area contributed by atoms with Crippen LogP contribution < -0.4 is 10.1 Å². The normalized spacial score (nSPS) is 22.5. The van der Waals surface area contributed by atoms with Crippen molar-refractivity contribution in [1.82, 2.24) is 15.1 Å². The second-order valence-electron chi connectivity index (χ2n) is 12.2. The molecular formula is C33H44BrN3O4. The number of piperidine rings is 1. The summed E-state index contributed by atoms with van der Waals surface area (Å²) in [5, 5.41) is 14.2. The third kappa shape index (κ3) is 7.15. The second-order valence-corrected chi connectivity index (χ2v) is 13.1. The molecule has 3 fully saturated rings. The summed E-state index contributed by atoms with van der Waals surface area (Å²) in [6.07, 6.45) is 7.91. The van der Waals surface area contributed by atoms with Crippen molar-refractivity contribution in [3.05, 3.63) is 64.1 Å². The van der Waals surface area contributed by atoms with Crippen molar-refractivity contribution in [2.45, 2.75) is 101 Å². The molecule has 1 saturated carbocycles. The lowest BCUT2D eigenvalue weighted by molar-refractivity contribution is -0.163. The Morgan fingerprint density at radius 2 is 1.61 bits per heavy atom. The topological polar surface area (TPSA) is 82.1 Å². The van der Waals surface area contributed by atoms with Gasteiger partial charge in [-0.3, -0.25) is 14.5 Å². The van der Waals surface area contributed by atoms with Crippen LogP contribution in [0.1, 0.15) is 82.3 Å². The summed E-state index contributed by atoms with van der Waals surface area (Å²) in [7, 11) is 0. The molecule has 222 valence electrons. The molecule has 0 unspecified atom stereocenters. The number of unbranched alkanes of at least 4 members (excludes halogenated alkanes) is 1. The van der Waals surface area contributed by atoms with Gasteiger partial charge >= 0.3 is 0 Å². The van der Waals surface area contributed by atoms with Crippen molar-refractivity contribution in [3.63, 3.8) is 0 Å². The average Bonchev–Trinajstić information content (AvgIpc) is 2.98. The van der Waals surface area contributed by atoms with Gasteiger partial charge in [0, 0.05) is 37.1 Å². The van der Waals surface area contributed by atoms with E-state index in [9.17, 15) is 14.7 Å². The highest BCUT2D eigenvalue weighted by molar-refractivity contribution is 9.10. The maximum absolute atomic E-state index is 13.8. The molecular weight excluding hydrogens is 582 g/mol. The van der Waals surface area contributed by atoms with Crippen molar-refractivity contribution in [1.29, 1.82) is 0 Å². The summed E-state index contributed by atoms with van der Waals surface area (Å²) >= 11 is 3.46. The minimum Gasteiger partial charge on any atom is -0.489 e. The van der Waals surface area contributed by atoms with Gasteiger partial charge in [0.05, 0.1) is 5.60 Å². The molecule has 41 heavy (non-hydrogen) atoms. The van der Waals surface area contributed by atoms with E-state index < -0.39 is 17.2 Å². The smallest absolute Gasteiger partial charge is 0.246 e. The average molecular weight is 627 g/mol. The van der Waals surface area contributed by atoms with Gasteiger partial charge in [0.2, 0.25) is 11.8 Å². The number of nitrogens with zero attached hydrogens (tertiary/aromatic N) is 2. The highest BCUT2D eigenvalue weighted by atomic mass is 79.9. The Hall–Kier alpha value is -2.42. The van der Waals surface area contributed by atoms with Crippen LogP contribution in [0.4, 0.5) is 0 Å². The number of ether oxygens (including phenoxy) is 1. The zero-order valence-electron chi connectivity index (χ0n) is 24.2. The lowest BCUT2D eigenvalue weighted by Gasteiger charge is -2.52. The number of hydrogen-bond donors (Lipinski definition) is 2. The van der Waals surface area contributed by atoms with Crippen LogP contribution in [0.5, 0.6) is 5.75 Å². The quantitative estimate of drug-likeness (QED) is 0.360. The molecule has 7 nitrogen and oxygen atoms in total. The third-order valence-electron chi connectivity index (χ3n) is 9.24. The predicted molar refractivity (Wildman–Crippen MR) is 163 cm³/mol. The number of nitrogens with one attached hydrogen (secondary N) is 1. The molecule has 1 aliphatic carbocycles. The second kappa shape index (κ2) is 13.3. The van der Waals surface area contributed by atoms with Crippen LogP contribution >= 0.6 is 15.9 Å². The highest BCUT2D eigenvalue weighted by Gasteiger charge is 2.54. The first-order chi connectivity index (χ1) is 19.8. The van der Waals surface area contributed by atoms with Gasteiger partial charge in [0.25, 0.3) is 0 Å². The van der Waals surface area contributed by atoms with E-state index in [-0.39, 0.29) is 11.8 Å². The first-order valence-electron chi connectivity index (χ1n) is 15.3. The monoisotopic (exact) mass is 625 g/mol. The van der Waals surface area contributed by atoms with E-state index in [1.54, 1.807) is 0 Å². The standard InChI is InChI=1S/C33H44BrN3O4/c1-2-3-19-37-30(38)29(22-32(40)15-5-4-6-16-32)35-31(39)33(37)17-20-36(21-18-33)23-25-9-13-28(14-10-25)41-24-26-7-11-27(34)12-8-26/h7-14,29,40H,2-6,15-24H2,1H3,(H,35,39)/t29-/m1/s1. The number of rotatable bonds is 10. The fraction of sp³-hybridized carbons (Fsp3) is 0.576. The molecule has 3 aliphatic rings. The molecule has 1 atom stereocenters. The van der Waals surface area contributed by atoms with Gasteiger partial charge in [0.15, 0.2) is 0 Å². The van der Waals surface area contributed by atoms with Crippen LogP contribution in [-0.2, 0) is 22.7 Å². The zero-order valence-corrected chi connectivity index (χ0v) is 25.8. The van der Waals surface area contributed by atoms with Crippen LogP contribution in [0.15, 0.2) is 53.0 Å². The molecule has 1 spiro atoms. The zero-order chi connectivity index (χ0) is 28.9. The molecule has 2 heterocycles. The summed E-state index contributed by atoms with van der Waals surface area (Å²) < 4.78 is 7.01. The van der Waals surface area contributed by atoms with Crippen LogP contribution in [0.3, 0.4) is 0 Å². The van der Waals surface area contributed by atoms with Crippen molar-refractivity contribution in [2.24, 2.45) is 0 Å². The fourth-order valence-corrected chi connectivity index (χ4v) is 6.99. The Labute approximate surface area is 252 Å². The van der Waals surface area contributed by atoms with Crippen LogP contribution in [0, 0.1) is 0 Å². The minimum atomic E-state index is -0.851. The third-order valence-corrected chi connectivity index (χ3v) is 9.77. The van der Waals surface area contributed by atoms with Gasteiger partial charge in [-0.05, 0) is 67.5 Å². The summed E-state index contributed by atoms with van der Waals surface area (Å²) in [5.41, 5.74) is 0.674. The van der Waals surface area contributed by atoms with E-state index in [0.717, 1.165) is 67.5 Å². The predicted octanol–water partition coefficient (Wildman–Crippen LogP) is 5.58. The molecule has 2 N–H and O–H groups in total. The summed E-state index contributed by atoms with van der Waals surface area (Å²) in [6.45, 7) is 5.53. The fourth-order valence-electron chi connectivity index (χ4n) is 6.72. The number of piperazine rings is 1. The Kier molecular flexibility index (Phi) is 9.72. The first-order valence-corrected chi connectivity index (χ1v) is 16.1. The number of benzene rings is 2. The molecule has 8 heteroatoms. The largest absolute Gasteiger partial charge is 0.489 e. The summed E-state index contributed by atoms with van der Waals surface area (Å²) in [5.74, 6) is 0.791. The van der Waals surface area contributed by atoms with Crippen molar-refractivity contribution >= 4 is 27.7 Å². The molecule has 2 aromatic rings. The summed E-state index contributed by atoms with van der Waals surface area (Å²) in [4.78, 5) is 31.8. The van der Waals surface area contributed by atoms with Gasteiger partial charge in [-0.15, -0.1) is 0 Å². The van der Waals surface area contributed by atoms with Gasteiger partial charge in [-0.25, -0.2) is 0 Å². The van der Waals surface area contributed by atoms with Gasteiger partial charge in [-0.1, -0.05) is 72.8 Å². The number of likely N-dealkylation sites (tertiary alicyclic amines) is 1. The lowest BCUT2D eigenvalue weighted by atomic mass is 9.77. The maximum atomic E-state index is 13.8. The van der Waals surface area contributed by atoms with Gasteiger partial charge in [-0.2, -0.15) is 0 Å². The van der Waals surface area contributed by atoms with Crippen molar-refractivity contribution in [2.75, 3.05) is 19.6 Å². The van der Waals surface area contributed by atoms with E-state index >= 15 is 0 Å². The Bertz CT molecular complexity index is 1170. The number of hydrogen-bond acceptors (Lipinski definition) is 5. The molecule has 2 saturated heterocycles. The van der Waals surface area contributed by atoms with E-state index in [2.05, 4.69) is 45.2 Å². The summed E-state index contributed by atoms with van der Waals surface area (Å²) in [6, 6.07) is 15.7. The number of halogens is 1. The number of amides is 2. The Morgan fingerprint density at radius 1 is 0.951 bits per heavy atom. The van der Waals surface area contributed by atoms with Gasteiger partial charge in [0.1, 0.15) is 23.9 Å². The SMILES string of the molecule is CCCCN1C(=O)[C@@H](CC2(O)CCCCC2)NC(=O)C12CCN(Cc1ccc(OCc3ccc(Br)cc3)cc1)CC2. The first kappa shape index (κ1) is 30.1.